The summed E-state index contributed by atoms with van der Waals surface area (Å²) < 4.78 is 5.67. The van der Waals surface area contributed by atoms with Crippen molar-refractivity contribution in [3.8, 4) is 0 Å². The first-order valence-corrected chi connectivity index (χ1v) is 8.16. The van der Waals surface area contributed by atoms with Crippen LogP contribution < -0.4 is 5.73 Å². The number of amidine groups is 1. The lowest BCUT2D eigenvalue weighted by atomic mass is 9.63. The Hall–Kier alpha value is -0.610. The van der Waals surface area contributed by atoms with Crippen molar-refractivity contribution < 1.29 is 9.84 Å². The van der Waals surface area contributed by atoms with E-state index in [1.165, 1.54) is 12.8 Å². The Morgan fingerprint density at radius 2 is 1.95 bits per heavy atom. The Morgan fingerprint density at radius 1 is 1.20 bits per heavy atom. The van der Waals surface area contributed by atoms with Gasteiger partial charge in [0, 0.05) is 18.9 Å². The fourth-order valence-corrected chi connectivity index (χ4v) is 4.81. The van der Waals surface area contributed by atoms with Gasteiger partial charge in [-0.3, -0.25) is 4.99 Å². The molecule has 1 heterocycles. The lowest BCUT2D eigenvalue weighted by Gasteiger charge is -2.46. The van der Waals surface area contributed by atoms with Crippen LogP contribution in [0.5, 0.6) is 0 Å². The third-order valence-electron chi connectivity index (χ3n) is 5.93. The van der Waals surface area contributed by atoms with E-state index in [-0.39, 0.29) is 24.0 Å². The van der Waals surface area contributed by atoms with Crippen molar-refractivity contribution in [3.63, 3.8) is 0 Å². The minimum Gasteiger partial charge on any atom is -0.385 e. The third kappa shape index (κ3) is 2.08. The van der Waals surface area contributed by atoms with E-state index in [0.717, 1.165) is 32.1 Å². The monoisotopic (exact) mass is 280 g/mol. The number of ether oxygens (including phenoxy) is 1. The van der Waals surface area contributed by atoms with E-state index in [2.05, 4.69) is 11.9 Å². The van der Waals surface area contributed by atoms with Gasteiger partial charge in [-0.2, -0.15) is 0 Å². The van der Waals surface area contributed by atoms with E-state index in [1.807, 2.05) is 0 Å². The quantitative estimate of drug-likeness (QED) is 0.814. The summed E-state index contributed by atoms with van der Waals surface area (Å²) in [6, 6.07) is 0.232. The van der Waals surface area contributed by atoms with Crippen molar-refractivity contribution in [3.05, 3.63) is 0 Å². The van der Waals surface area contributed by atoms with Crippen LogP contribution in [0, 0.1) is 17.8 Å². The van der Waals surface area contributed by atoms with Gasteiger partial charge in [-0.25, -0.2) is 0 Å². The first-order chi connectivity index (χ1) is 9.57. The second kappa shape index (κ2) is 5.30. The van der Waals surface area contributed by atoms with Crippen molar-refractivity contribution in [1.82, 2.24) is 0 Å². The van der Waals surface area contributed by atoms with Crippen LogP contribution in [-0.2, 0) is 4.74 Å². The molecule has 0 aromatic heterocycles. The van der Waals surface area contributed by atoms with Crippen molar-refractivity contribution in [1.29, 1.82) is 0 Å². The van der Waals surface area contributed by atoms with Gasteiger partial charge < -0.3 is 15.6 Å². The number of nitrogens with zero attached hydrogens (tertiary/aromatic N) is 1. The van der Waals surface area contributed by atoms with Crippen molar-refractivity contribution in [2.24, 2.45) is 28.5 Å². The third-order valence-corrected chi connectivity index (χ3v) is 5.93. The molecule has 0 amide bonds. The Morgan fingerprint density at radius 3 is 2.70 bits per heavy atom. The molecule has 2 saturated carbocycles. The number of aliphatic imine (C=N–C) groups is 1. The maximum Gasteiger partial charge on any atom is 0.131 e. The Kier molecular flexibility index (Phi) is 3.80. The molecular formula is C16H28N2O2. The number of methoxy groups -OCH3 is 1. The molecule has 6 atom stereocenters. The van der Waals surface area contributed by atoms with Crippen molar-refractivity contribution in [2.45, 2.75) is 69.6 Å². The van der Waals surface area contributed by atoms with E-state index >= 15 is 0 Å². The summed E-state index contributed by atoms with van der Waals surface area (Å²) in [6.45, 7) is 2.28. The predicted octanol–water partition coefficient (Wildman–Crippen LogP) is 2.10. The van der Waals surface area contributed by atoms with Gasteiger partial charge in [-0.15, -0.1) is 0 Å². The van der Waals surface area contributed by atoms with Gasteiger partial charge >= 0.3 is 0 Å². The lowest BCUT2D eigenvalue weighted by molar-refractivity contribution is -0.0967. The average Bonchev–Trinajstić information content (AvgIpc) is 2.72. The molecule has 4 heteroatoms. The van der Waals surface area contributed by atoms with Crippen LogP contribution in [-0.4, -0.2) is 35.8 Å². The second-order valence-corrected chi connectivity index (χ2v) is 7.10. The average molecular weight is 280 g/mol. The number of fused-ring (bicyclic) bond motifs is 1. The zero-order valence-electron chi connectivity index (χ0n) is 12.7. The first kappa shape index (κ1) is 14.3. The molecule has 1 aliphatic heterocycles. The number of nitrogens with two attached hydrogens (primary N) is 1. The van der Waals surface area contributed by atoms with Crippen LogP contribution in [0.2, 0.25) is 0 Å². The highest BCUT2D eigenvalue weighted by Crippen LogP contribution is 2.49. The van der Waals surface area contributed by atoms with E-state index in [4.69, 9.17) is 10.5 Å². The molecule has 3 aliphatic rings. The summed E-state index contributed by atoms with van der Waals surface area (Å²) in [5.41, 5.74) is 5.28. The van der Waals surface area contributed by atoms with Gasteiger partial charge in [0.25, 0.3) is 0 Å². The van der Waals surface area contributed by atoms with Crippen LogP contribution in [0.15, 0.2) is 4.99 Å². The smallest absolute Gasteiger partial charge is 0.131 e. The first-order valence-electron chi connectivity index (χ1n) is 8.16. The molecule has 3 rings (SSSR count). The normalized spacial score (nSPS) is 48.8. The zero-order chi connectivity index (χ0) is 14.3. The highest BCUT2D eigenvalue weighted by atomic mass is 16.5. The molecule has 0 saturated heterocycles. The molecule has 2 fully saturated rings. The summed E-state index contributed by atoms with van der Waals surface area (Å²) in [6.07, 6.45) is 7.81. The highest BCUT2D eigenvalue weighted by molar-refractivity contribution is 5.91. The molecule has 4 nitrogen and oxygen atoms in total. The minimum atomic E-state index is -0.930. The van der Waals surface area contributed by atoms with Gasteiger partial charge in [-0.05, 0) is 38.0 Å². The van der Waals surface area contributed by atoms with Crippen molar-refractivity contribution >= 4 is 5.84 Å². The molecule has 114 valence electrons. The molecule has 0 aromatic rings. The fourth-order valence-electron chi connectivity index (χ4n) is 4.81. The topological polar surface area (TPSA) is 67.8 Å². The van der Waals surface area contributed by atoms with Gasteiger partial charge in [0.15, 0.2) is 0 Å². The van der Waals surface area contributed by atoms with Crippen LogP contribution >= 0.6 is 0 Å². The Labute approximate surface area is 121 Å². The minimum absolute atomic E-state index is 0.116. The molecule has 3 N–H and O–H groups in total. The molecule has 0 radical (unpaired) electrons. The molecular weight excluding hydrogens is 252 g/mol. The van der Waals surface area contributed by atoms with Crippen molar-refractivity contribution in [2.75, 3.05) is 7.11 Å². The van der Waals surface area contributed by atoms with Gasteiger partial charge in [-0.1, -0.05) is 19.8 Å². The predicted molar refractivity (Wildman–Crippen MR) is 79.6 cm³/mol. The summed E-state index contributed by atoms with van der Waals surface area (Å²) in [5, 5.41) is 11.5. The highest BCUT2D eigenvalue weighted by Gasteiger charge is 2.57. The number of aliphatic hydroxyl groups is 1. The van der Waals surface area contributed by atoms with Crippen LogP contribution in [0.1, 0.15) is 51.9 Å². The van der Waals surface area contributed by atoms with E-state index in [0.29, 0.717) is 11.8 Å². The second-order valence-electron chi connectivity index (χ2n) is 7.10. The summed E-state index contributed by atoms with van der Waals surface area (Å²) in [5.74, 6) is 1.46. The Bertz CT molecular complexity index is 398. The van der Waals surface area contributed by atoms with Crippen LogP contribution in [0.25, 0.3) is 0 Å². The summed E-state index contributed by atoms with van der Waals surface area (Å²) >= 11 is 0. The van der Waals surface area contributed by atoms with Gasteiger partial charge in [0.05, 0.1) is 12.1 Å². The van der Waals surface area contributed by atoms with E-state index < -0.39 is 5.60 Å². The maximum absolute atomic E-state index is 11.5. The van der Waals surface area contributed by atoms with E-state index in [1.54, 1.807) is 7.11 Å². The fraction of sp³-hybridized carbons (Fsp3) is 0.938. The number of hydrogen-bond donors (Lipinski definition) is 2. The van der Waals surface area contributed by atoms with Crippen LogP contribution in [0.3, 0.4) is 0 Å². The van der Waals surface area contributed by atoms with Gasteiger partial charge in [0.2, 0.25) is 0 Å². The summed E-state index contributed by atoms with van der Waals surface area (Å²) in [7, 11) is 1.76. The standard InChI is InChI=1S/C16H28N2O2/c1-10-7-8-13-12(9-10)16(19,15(17)18-13)11-5-3-4-6-14(11)20-2/h10-14,19H,3-9H2,1-2H3,(H2,17,18). The largest absolute Gasteiger partial charge is 0.385 e. The molecule has 0 aromatic carbocycles. The summed E-state index contributed by atoms with van der Waals surface area (Å²) in [4.78, 5) is 4.63. The molecule has 2 aliphatic carbocycles. The maximum atomic E-state index is 11.5. The molecule has 0 spiro atoms. The van der Waals surface area contributed by atoms with Gasteiger partial charge in [0.1, 0.15) is 11.4 Å². The molecule has 20 heavy (non-hydrogen) atoms. The van der Waals surface area contributed by atoms with Crippen LogP contribution in [0.4, 0.5) is 0 Å². The number of hydrogen-bond acceptors (Lipinski definition) is 4. The molecule has 0 bridgehead atoms. The zero-order valence-corrected chi connectivity index (χ0v) is 12.7. The number of rotatable bonds is 2. The Balaban J connectivity index is 1.90. The lowest BCUT2D eigenvalue weighted by Crippen LogP contribution is -2.58. The molecule has 6 unspecified atom stereocenters. The SMILES string of the molecule is COC1CCCCC1C1(O)C(N)=NC2CCC(C)CC21. The van der Waals surface area contributed by atoms with E-state index in [9.17, 15) is 5.11 Å².